The van der Waals surface area contributed by atoms with Gasteiger partial charge in [-0.15, -0.1) is 0 Å². The number of amides is 2. The average molecular weight is 525 g/mol. The second kappa shape index (κ2) is 10.1. The van der Waals surface area contributed by atoms with Crippen molar-refractivity contribution in [3.05, 3.63) is 65.0 Å². The minimum absolute atomic E-state index is 0.0269. The van der Waals surface area contributed by atoms with Gasteiger partial charge in [0, 0.05) is 24.7 Å². The monoisotopic (exact) mass is 524 g/mol. The lowest BCUT2D eigenvalue weighted by Gasteiger charge is -2.27. The highest BCUT2D eigenvalue weighted by molar-refractivity contribution is 6.00. The van der Waals surface area contributed by atoms with Crippen LogP contribution in [0.3, 0.4) is 0 Å². The van der Waals surface area contributed by atoms with E-state index in [1.165, 1.54) is 19.1 Å². The van der Waals surface area contributed by atoms with Gasteiger partial charge in [0.2, 0.25) is 18.1 Å². The first-order chi connectivity index (χ1) is 18.1. The molecule has 3 aromatic heterocycles. The molecular weight excluding hydrogens is 494 g/mol. The number of hydrogen-bond acceptors (Lipinski definition) is 5. The fraction of sp³-hybridized carbons (Fsp3) is 0.444. The normalized spacial score (nSPS) is 16.1. The zero-order valence-corrected chi connectivity index (χ0v) is 21.4. The third-order valence-electron chi connectivity index (χ3n) is 7.31. The summed E-state index contributed by atoms with van der Waals surface area (Å²) in [4.78, 5) is 30.7. The van der Waals surface area contributed by atoms with E-state index in [0.29, 0.717) is 22.3 Å². The molecule has 2 amide bonds. The minimum Gasteiger partial charge on any atom is -0.618 e. The van der Waals surface area contributed by atoms with Crippen LogP contribution in [0.5, 0.6) is 0 Å². The Morgan fingerprint density at radius 1 is 1.11 bits per heavy atom. The smallest absolute Gasteiger partial charge is 0.270 e. The Bertz CT molecular complexity index is 1370. The van der Waals surface area contributed by atoms with Crippen LogP contribution < -0.4 is 15.4 Å². The first-order valence-corrected chi connectivity index (χ1v) is 12.9. The fourth-order valence-corrected chi connectivity index (χ4v) is 5.14. The van der Waals surface area contributed by atoms with Crippen LogP contribution in [0.15, 0.2) is 36.7 Å². The lowest BCUT2D eigenvalue weighted by molar-refractivity contribution is -0.613. The van der Waals surface area contributed by atoms with E-state index in [4.69, 9.17) is 0 Å². The number of pyridine rings is 2. The molecule has 3 aromatic rings. The lowest BCUT2D eigenvalue weighted by Crippen LogP contribution is -2.50. The predicted octanol–water partition coefficient (Wildman–Crippen LogP) is 3.92. The molecule has 9 nitrogen and oxygen atoms in total. The topological polar surface area (TPSA) is 116 Å². The third kappa shape index (κ3) is 5.23. The van der Waals surface area contributed by atoms with Crippen LogP contribution in [-0.2, 0) is 4.79 Å². The zero-order chi connectivity index (χ0) is 27.1. The molecule has 0 saturated heterocycles. The van der Waals surface area contributed by atoms with Gasteiger partial charge in [0.05, 0.1) is 5.56 Å². The first kappa shape index (κ1) is 25.7. The van der Waals surface area contributed by atoms with Gasteiger partial charge in [-0.25, -0.2) is 9.37 Å². The van der Waals surface area contributed by atoms with Crippen molar-refractivity contribution in [2.75, 3.05) is 5.32 Å². The third-order valence-corrected chi connectivity index (χ3v) is 7.31. The van der Waals surface area contributed by atoms with E-state index >= 15 is 4.39 Å². The second-order valence-corrected chi connectivity index (χ2v) is 10.5. The Balaban J connectivity index is 1.40. The van der Waals surface area contributed by atoms with Gasteiger partial charge in [0.25, 0.3) is 5.91 Å². The second-order valence-electron chi connectivity index (χ2n) is 10.5. The molecule has 11 heteroatoms. The molecule has 5 rings (SSSR count). The van der Waals surface area contributed by atoms with Gasteiger partial charge in [-0.2, -0.15) is 14.2 Å². The number of nitrogens with zero attached hydrogens (tertiary/aromatic N) is 4. The number of halogens is 2. The molecule has 1 atom stereocenters. The standard InChI is InChI=1S/C27H30F2N6O3/c1-14(2)35-21(10-11-30-35)26(36)33-24(23(16-4-5-16)17-6-7-17)27(37)32-22-9-8-19(25(29)31-22)20-12-18(28)13-34(38)15(20)3/h8-14,16-17,23-24H,4-7H2,1-3H3,(H,33,36)(H,31,32,37). The maximum atomic E-state index is 15.0. The van der Waals surface area contributed by atoms with Crippen LogP contribution in [0.25, 0.3) is 11.1 Å². The lowest BCUT2D eigenvalue weighted by atomic mass is 9.88. The van der Waals surface area contributed by atoms with Crippen LogP contribution in [0.4, 0.5) is 14.6 Å². The zero-order valence-electron chi connectivity index (χ0n) is 21.4. The minimum atomic E-state index is -0.959. The molecular formula is C27H30F2N6O3. The van der Waals surface area contributed by atoms with Crippen molar-refractivity contribution in [1.82, 2.24) is 20.1 Å². The van der Waals surface area contributed by atoms with Gasteiger partial charge in [0.15, 0.2) is 11.5 Å². The van der Waals surface area contributed by atoms with E-state index in [2.05, 4.69) is 20.7 Å². The molecule has 0 aliphatic heterocycles. The number of rotatable bonds is 9. The van der Waals surface area contributed by atoms with Gasteiger partial charge in [0.1, 0.15) is 17.6 Å². The van der Waals surface area contributed by atoms with E-state index in [1.807, 2.05) is 13.8 Å². The Morgan fingerprint density at radius 2 is 1.79 bits per heavy atom. The molecule has 200 valence electrons. The summed E-state index contributed by atoms with van der Waals surface area (Å²) in [5.74, 6) is -2.02. The van der Waals surface area contributed by atoms with Gasteiger partial charge in [-0.1, -0.05) is 0 Å². The van der Waals surface area contributed by atoms with E-state index in [-0.39, 0.29) is 34.6 Å². The molecule has 0 bridgehead atoms. The average Bonchev–Trinajstić information content (AvgIpc) is 3.80. The molecule has 38 heavy (non-hydrogen) atoms. The maximum Gasteiger partial charge on any atom is 0.270 e. The van der Waals surface area contributed by atoms with Crippen molar-refractivity contribution in [3.8, 4) is 11.1 Å². The van der Waals surface area contributed by atoms with E-state index in [1.54, 1.807) is 16.9 Å². The molecule has 0 radical (unpaired) electrons. The number of carbonyl (C=O) groups is 2. The summed E-state index contributed by atoms with van der Waals surface area (Å²) in [6, 6.07) is 4.55. The van der Waals surface area contributed by atoms with Crippen molar-refractivity contribution in [2.45, 2.75) is 58.5 Å². The summed E-state index contributed by atoms with van der Waals surface area (Å²) in [5.41, 5.74) is 0.476. The highest BCUT2D eigenvalue weighted by Gasteiger charge is 2.48. The van der Waals surface area contributed by atoms with Crippen molar-refractivity contribution >= 4 is 17.6 Å². The number of nitrogens with one attached hydrogen (secondary N) is 2. The van der Waals surface area contributed by atoms with Crippen molar-refractivity contribution < 1.29 is 23.1 Å². The molecule has 0 spiro atoms. The summed E-state index contributed by atoms with van der Waals surface area (Å²) in [5, 5.41) is 21.7. The summed E-state index contributed by atoms with van der Waals surface area (Å²) < 4.78 is 30.7. The molecule has 0 aromatic carbocycles. The van der Waals surface area contributed by atoms with Crippen LogP contribution in [0.1, 0.15) is 61.8 Å². The molecule has 2 aliphatic rings. The SMILES string of the molecule is Cc1c(-c2ccc(NC(=O)C(NC(=O)c3ccnn3C(C)C)C(C3CC3)C3CC3)nc2F)cc(F)c[n+]1[O-]. The Hall–Kier alpha value is -3.89. The summed E-state index contributed by atoms with van der Waals surface area (Å²) in [7, 11) is 0. The Labute approximate surface area is 218 Å². The Kier molecular flexibility index (Phi) is 6.85. The van der Waals surface area contributed by atoms with Crippen LogP contribution in [0, 0.1) is 41.6 Å². The van der Waals surface area contributed by atoms with Crippen LogP contribution in [-0.4, -0.2) is 32.6 Å². The number of carbonyl (C=O) groups excluding carboxylic acids is 2. The van der Waals surface area contributed by atoms with Crippen molar-refractivity contribution in [3.63, 3.8) is 0 Å². The number of aromatic nitrogens is 4. The molecule has 2 saturated carbocycles. The fourth-order valence-electron chi connectivity index (χ4n) is 5.14. The molecule has 3 heterocycles. The number of anilines is 1. The highest BCUT2D eigenvalue weighted by atomic mass is 19.1. The van der Waals surface area contributed by atoms with E-state index in [9.17, 15) is 19.2 Å². The molecule has 2 aliphatic carbocycles. The first-order valence-electron chi connectivity index (χ1n) is 12.9. The molecule has 1 unspecified atom stereocenters. The molecule has 2 N–H and O–H groups in total. The van der Waals surface area contributed by atoms with Gasteiger partial charge in [-0.05, 0) is 81.5 Å². The van der Waals surface area contributed by atoms with Crippen molar-refractivity contribution in [2.24, 2.45) is 17.8 Å². The largest absolute Gasteiger partial charge is 0.618 e. The van der Waals surface area contributed by atoms with Gasteiger partial charge in [-0.3, -0.25) is 14.3 Å². The quantitative estimate of drug-likeness (QED) is 0.250. The van der Waals surface area contributed by atoms with Crippen LogP contribution in [0.2, 0.25) is 0 Å². The van der Waals surface area contributed by atoms with Crippen molar-refractivity contribution in [1.29, 1.82) is 0 Å². The summed E-state index contributed by atoms with van der Waals surface area (Å²) in [6.45, 7) is 5.28. The van der Waals surface area contributed by atoms with Gasteiger partial charge >= 0.3 is 0 Å². The highest BCUT2D eigenvalue weighted by Crippen LogP contribution is 2.51. The van der Waals surface area contributed by atoms with Crippen LogP contribution >= 0.6 is 0 Å². The van der Waals surface area contributed by atoms with E-state index in [0.717, 1.165) is 37.9 Å². The maximum absolute atomic E-state index is 15.0. The summed E-state index contributed by atoms with van der Waals surface area (Å²) in [6.07, 6.45) is 6.31. The molecule has 2 fully saturated rings. The van der Waals surface area contributed by atoms with Gasteiger partial charge < -0.3 is 15.8 Å². The Morgan fingerprint density at radius 3 is 2.39 bits per heavy atom. The predicted molar refractivity (Wildman–Crippen MR) is 135 cm³/mol. The van der Waals surface area contributed by atoms with E-state index < -0.39 is 29.6 Å². The summed E-state index contributed by atoms with van der Waals surface area (Å²) >= 11 is 0. The number of hydrogen-bond donors (Lipinski definition) is 2.